The van der Waals surface area contributed by atoms with Crippen LogP contribution in [-0.4, -0.2) is 16.1 Å². The lowest BCUT2D eigenvalue weighted by Crippen LogP contribution is -2.01. The van der Waals surface area contributed by atoms with Crippen LogP contribution >= 0.6 is 23.4 Å². The third kappa shape index (κ3) is 2.99. The first kappa shape index (κ1) is 12.0. The zero-order valence-electron chi connectivity index (χ0n) is 8.63. The van der Waals surface area contributed by atoms with E-state index in [9.17, 15) is 4.79 Å². The van der Waals surface area contributed by atoms with E-state index in [0.717, 1.165) is 4.90 Å². The van der Waals surface area contributed by atoms with Gasteiger partial charge in [0.05, 0.1) is 0 Å². The van der Waals surface area contributed by atoms with Crippen LogP contribution in [0.3, 0.4) is 0 Å². The van der Waals surface area contributed by atoms with Crippen molar-refractivity contribution in [3.8, 4) is 0 Å². The Morgan fingerprint density at radius 2 is 1.94 bits per heavy atom. The summed E-state index contributed by atoms with van der Waals surface area (Å²) in [5, 5.41) is 9.64. The Labute approximate surface area is 107 Å². The summed E-state index contributed by atoms with van der Waals surface area (Å²) in [5.74, 6) is -1.03. The number of aromatic nitrogens is 1. The van der Waals surface area contributed by atoms with Gasteiger partial charge in [-0.2, -0.15) is 0 Å². The number of hydrogen-bond acceptors (Lipinski definition) is 3. The fourth-order valence-corrected chi connectivity index (χ4v) is 2.30. The smallest absolute Gasteiger partial charge is 0.355 e. The molecule has 0 aliphatic carbocycles. The van der Waals surface area contributed by atoms with Crippen molar-refractivity contribution >= 4 is 29.3 Å². The van der Waals surface area contributed by atoms with E-state index in [1.165, 1.54) is 18.0 Å². The minimum Gasteiger partial charge on any atom is -0.476 e. The summed E-state index contributed by atoms with van der Waals surface area (Å²) in [6, 6.07) is 10.7. The first-order valence-electron chi connectivity index (χ1n) is 4.78. The molecule has 0 aliphatic heterocycles. The van der Waals surface area contributed by atoms with E-state index in [2.05, 4.69) is 4.98 Å². The van der Waals surface area contributed by atoms with Crippen molar-refractivity contribution in [2.24, 2.45) is 0 Å². The normalized spacial score (nSPS) is 10.2. The maximum absolute atomic E-state index is 11.0. The van der Waals surface area contributed by atoms with Crippen LogP contribution in [0, 0.1) is 0 Å². The third-order valence-corrected chi connectivity index (χ3v) is 3.32. The summed E-state index contributed by atoms with van der Waals surface area (Å²) in [5.41, 5.74) is 0.0625. The molecule has 1 N–H and O–H groups in total. The number of halogens is 1. The third-order valence-electron chi connectivity index (χ3n) is 2.01. The molecule has 0 bridgehead atoms. The molecule has 0 atom stereocenters. The molecule has 0 fully saturated rings. The van der Waals surface area contributed by atoms with E-state index in [1.54, 1.807) is 24.3 Å². The van der Waals surface area contributed by atoms with E-state index < -0.39 is 5.97 Å². The Morgan fingerprint density at radius 3 is 2.59 bits per heavy atom. The van der Waals surface area contributed by atoms with Gasteiger partial charge in [0.25, 0.3) is 0 Å². The van der Waals surface area contributed by atoms with Gasteiger partial charge in [0.1, 0.15) is 0 Å². The summed E-state index contributed by atoms with van der Waals surface area (Å²) in [7, 11) is 0. The summed E-state index contributed by atoms with van der Waals surface area (Å²) in [6.07, 6.45) is 1.47. The summed E-state index contributed by atoms with van der Waals surface area (Å²) in [6.45, 7) is 0. The number of benzene rings is 1. The van der Waals surface area contributed by atoms with Crippen LogP contribution in [0.5, 0.6) is 0 Å². The Bertz CT molecular complexity index is 542. The van der Waals surface area contributed by atoms with Crippen LogP contribution < -0.4 is 0 Å². The SMILES string of the molecule is O=C(O)c1ncccc1Sc1ccc(Cl)cc1. The number of carboxylic acid groups (broad SMARTS) is 1. The van der Waals surface area contributed by atoms with E-state index in [0.29, 0.717) is 9.92 Å². The molecule has 0 saturated carbocycles. The molecule has 0 aliphatic rings. The minimum atomic E-state index is -1.03. The van der Waals surface area contributed by atoms with Gasteiger partial charge in [-0.1, -0.05) is 23.4 Å². The lowest BCUT2D eigenvalue weighted by molar-refractivity contribution is 0.0686. The van der Waals surface area contributed by atoms with Gasteiger partial charge in [-0.3, -0.25) is 0 Å². The first-order valence-corrected chi connectivity index (χ1v) is 5.98. The average Bonchev–Trinajstić information content (AvgIpc) is 2.32. The predicted octanol–water partition coefficient (Wildman–Crippen LogP) is 3.58. The highest BCUT2D eigenvalue weighted by molar-refractivity contribution is 7.99. The van der Waals surface area contributed by atoms with Crippen molar-refractivity contribution in [2.45, 2.75) is 9.79 Å². The minimum absolute atomic E-state index is 0.0625. The quantitative estimate of drug-likeness (QED) is 0.921. The molecule has 0 radical (unpaired) electrons. The van der Waals surface area contributed by atoms with Crippen LogP contribution in [0.25, 0.3) is 0 Å². The highest BCUT2D eigenvalue weighted by atomic mass is 35.5. The fraction of sp³-hybridized carbons (Fsp3) is 0. The predicted molar refractivity (Wildman–Crippen MR) is 66.8 cm³/mol. The van der Waals surface area contributed by atoms with Crippen molar-refractivity contribution < 1.29 is 9.90 Å². The fourth-order valence-electron chi connectivity index (χ4n) is 1.26. The molecule has 0 unspecified atom stereocenters. The second-order valence-electron chi connectivity index (χ2n) is 3.21. The van der Waals surface area contributed by atoms with Crippen LogP contribution in [0.1, 0.15) is 10.5 Å². The summed E-state index contributed by atoms with van der Waals surface area (Å²) in [4.78, 5) is 16.3. The Hall–Kier alpha value is -1.52. The van der Waals surface area contributed by atoms with Crippen LogP contribution in [0.4, 0.5) is 0 Å². The molecular formula is C12H8ClNO2S. The molecular weight excluding hydrogens is 258 g/mol. The number of aromatic carboxylic acids is 1. The molecule has 2 rings (SSSR count). The Kier molecular flexibility index (Phi) is 3.66. The van der Waals surface area contributed by atoms with Gasteiger partial charge in [0.2, 0.25) is 0 Å². The van der Waals surface area contributed by atoms with Crippen LogP contribution in [-0.2, 0) is 0 Å². The van der Waals surface area contributed by atoms with Gasteiger partial charge < -0.3 is 5.11 Å². The van der Waals surface area contributed by atoms with E-state index in [-0.39, 0.29) is 5.69 Å². The van der Waals surface area contributed by atoms with Gasteiger partial charge in [-0.05, 0) is 36.4 Å². The number of rotatable bonds is 3. The number of hydrogen-bond donors (Lipinski definition) is 1. The van der Waals surface area contributed by atoms with Crippen molar-refractivity contribution in [3.63, 3.8) is 0 Å². The molecule has 0 spiro atoms. The zero-order chi connectivity index (χ0) is 12.3. The number of carbonyl (C=O) groups is 1. The van der Waals surface area contributed by atoms with Crippen LogP contribution in [0.2, 0.25) is 5.02 Å². The number of nitrogens with zero attached hydrogens (tertiary/aromatic N) is 1. The Morgan fingerprint density at radius 1 is 1.24 bits per heavy atom. The van der Waals surface area contributed by atoms with Crippen molar-refractivity contribution in [1.82, 2.24) is 4.98 Å². The number of pyridine rings is 1. The molecule has 1 aromatic heterocycles. The second kappa shape index (κ2) is 5.21. The maximum atomic E-state index is 11.0. The highest BCUT2D eigenvalue weighted by Gasteiger charge is 2.11. The van der Waals surface area contributed by atoms with Crippen molar-refractivity contribution in [3.05, 3.63) is 53.3 Å². The van der Waals surface area contributed by atoms with Gasteiger partial charge in [0.15, 0.2) is 5.69 Å². The first-order chi connectivity index (χ1) is 8.16. The molecule has 5 heteroatoms. The molecule has 3 nitrogen and oxygen atoms in total. The highest BCUT2D eigenvalue weighted by Crippen LogP contribution is 2.30. The lowest BCUT2D eigenvalue weighted by atomic mass is 10.3. The number of carboxylic acids is 1. The molecule has 1 aromatic carbocycles. The zero-order valence-corrected chi connectivity index (χ0v) is 10.2. The maximum Gasteiger partial charge on any atom is 0.355 e. The van der Waals surface area contributed by atoms with Gasteiger partial charge in [-0.25, -0.2) is 9.78 Å². The summed E-state index contributed by atoms with van der Waals surface area (Å²) >= 11 is 7.13. The second-order valence-corrected chi connectivity index (χ2v) is 4.76. The van der Waals surface area contributed by atoms with Gasteiger partial charge >= 0.3 is 5.97 Å². The molecule has 0 amide bonds. The molecule has 1 heterocycles. The molecule has 0 saturated heterocycles. The van der Waals surface area contributed by atoms with Crippen LogP contribution in [0.15, 0.2) is 52.4 Å². The van der Waals surface area contributed by atoms with E-state index in [1.807, 2.05) is 12.1 Å². The largest absolute Gasteiger partial charge is 0.476 e. The monoisotopic (exact) mass is 265 g/mol. The molecule has 86 valence electrons. The molecule has 17 heavy (non-hydrogen) atoms. The van der Waals surface area contributed by atoms with Gasteiger partial charge in [0, 0.05) is 21.0 Å². The van der Waals surface area contributed by atoms with E-state index >= 15 is 0 Å². The standard InChI is InChI=1S/C12H8ClNO2S/c13-8-3-5-9(6-4-8)17-10-2-1-7-14-11(10)12(15)16/h1-7H,(H,15,16). The topological polar surface area (TPSA) is 50.2 Å². The van der Waals surface area contributed by atoms with Crippen molar-refractivity contribution in [2.75, 3.05) is 0 Å². The summed E-state index contributed by atoms with van der Waals surface area (Å²) < 4.78 is 0. The Balaban J connectivity index is 2.30. The lowest BCUT2D eigenvalue weighted by Gasteiger charge is -2.04. The van der Waals surface area contributed by atoms with E-state index in [4.69, 9.17) is 16.7 Å². The average molecular weight is 266 g/mol. The molecule has 2 aromatic rings. The van der Waals surface area contributed by atoms with Crippen molar-refractivity contribution in [1.29, 1.82) is 0 Å². The van der Waals surface area contributed by atoms with Gasteiger partial charge in [-0.15, -0.1) is 0 Å².